The number of aromatic amines is 2. The number of rotatable bonds is 5. The lowest BCUT2D eigenvalue weighted by Crippen LogP contribution is -2.14. The van der Waals surface area contributed by atoms with Gasteiger partial charge in [0.25, 0.3) is 0 Å². The third kappa shape index (κ3) is 4.41. The van der Waals surface area contributed by atoms with Crippen LogP contribution in [0.5, 0.6) is 0 Å². The first-order valence-corrected chi connectivity index (χ1v) is 14.1. The van der Waals surface area contributed by atoms with E-state index in [9.17, 15) is 0 Å². The molecule has 0 spiro atoms. The number of aromatic nitrogens is 4. The van der Waals surface area contributed by atoms with Gasteiger partial charge in [0.15, 0.2) is 0 Å². The minimum atomic E-state index is 0.337. The highest BCUT2D eigenvalue weighted by Gasteiger charge is 2.26. The van der Waals surface area contributed by atoms with Crippen molar-refractivity contribution in [3.05, 3.63) is 72.4 Å². The average Bonchev–Trinajstić information content (AvgIpc) is 3.72. The summed E-state index contributed by atoms with van der Waals surface area (Å²) in [5.41, 5.74) is 7.02. The van der Waals surface area contributed by atoms with E-state index in [2.05, 4.69) is 94.0 Å². The first-order chi connectivity index (χ1) is 18.1. The van der Waals surface area contributed by atoms with Crippen molar-refractivity contribution in [1.82, 2.24) is 30.6 Å². The minimum Gasteiger partial charge on any atom is -0.341 e. The first-order valence-electron chi connectivity index (χ1n) is 13.3. The molecule has 4 N–H and O–H groups in total. The Kier molecular flexibility index (Phi) is 5.72. The summed E-state index contributed by atoms with van der Waals surface area (Å²) in [7, 11) is 0. The molecule has 5 heterocycles. The van der Waals surface area contributed by atoms with Gasteiger partial charge in [-0.1, -0.05) is 62.4 Å². The number of thiophene rings is 1. The predicted octanol–water partition coefficient (Wildman–Crippen LogP) is 6.69. The van der Waals surface area contributed by atoms with Gasteiger partial charge in [-0.05, 0) is 66.1 Å². The van der Waals surface area contributed by atoms with Crippen LogP contribution < -0.4 is 10.6 Å². The fourth-order valence-electron chi connectivity index (χ4n) is 5.71. The molecule has 2 aliphatic rings. The van der Waals surface area contributed by atoms with Crippen LogP contribution in [0.15, 0.2) is 60.8 Å². The van der Waals surface area contributed by atoms with Gasteiger partial charge in [0.1, 0.15) is 16.5 Å². The zero-order chi connectivity index (χ0) is 24.9. The van der Waals surface area contributed by atoms with Crippen molar-refractivity contribution in [3.8, 4) is 32.8 Å². The van der Waals surface area contributed by atoms with Crippen molar-refractivity contribution in [2.24, 2.45) is 11.8 Å². The van der Waals surface area contributed by atoms with Crippen molar-refractivity contribution >= 4 is 21.7 Å². The lowest BCUT2D eigenvalue weighted by Gasteiger charge is -2.07. The molecule has 37 heavy (non-hydrogen) atoms. The molecule has 2 aliphatic heterocycles. The van der Waals surface area contributed by atoms with Crippen LogP contribution in [-0.4, -0.2) is 33.0 Å². The van der Waals surface area contributed by atoms with Crippen molar-refractivity contribution in [2.45, 2.75) is 38.8 Å². The van der Waals surface area contributed by atoms with Crippen molar-refractivity contribution < 1.29 is 0 Å². The number of benzene rings is 2. The Balaban J connectivity index is 1.06. The van der Waals surface area contributed by atoms with Crippen LogP contribution in [0.1, 0.15) is 50.4 Å². The molecular weight excluding hydrogens is 476 g/mol. The van der Waals surface area contributed by atoms with E-state index in [4.69, 9.17) is 4.98 Å². The standard InChI is InChI=1S/C30H32N6S/c1-17-11-23(31-14-17)28-33-16-26(35-28)21-7-3-19(4-8-21)20-5-9-22(10-6-20)27-13-25-30(37-27)36-29(34-25)24-12-18(2)15-32-24/h3-10,13,16-18,23-24,31-32H,11-12,14-15H2,1-2H3,(H,33,35)(H,34,36)/t17?,18-,23?,24?/m0/s1. The quantitative estimate of drug-likeness (QED) is 0.213. The molecule has 5 aromatic rings. The molecule has 4 atom stereocenters. The van der Waals surface area contributed by atoms with Crippen LogP contribution in [0.4, 0.5) is 0 Å². The predicted molar refractivity (Wildman–Crippen MR) is 151 cm³/mol. The Morgan fingerprint density at radius 2 is 1.32 bits per heavy atom. The Morgan fingerprint density at radius 3 is 1.92 bits per heavy atom. The van der Waals surface area contributed by atoms with E-state index in [-0.39, 0.29) is 0 Å². The summed E-state index contributed by atoms with van der Waals surface area (Å²) in [4.78, 5) is 18.9. The Hall–Kier alpha value is -3.26. The molecule has 2 saturated heterocycles. The number of nitrogens with zero attached hydrogens (tertiary/aromatic N) is 2. The highest BCUT2D eigenvalue weighted by atomic mass is 32.1. The Morgan fingerprint density at radius 1 is 0.730 bits per heavy atom. The second-order valence-corrected chi connectivity index (χ2v) is 11.9. The zero-order valence-corrected chi connectivity index (χ0v) is 22.0. The number of nitrogens with one attached hydrogen (secondary N) is 4. The monoisotopic (exact) mass is 508 g/mol. The van der Waals surface area contributed by atoms with Crippen LogP contribution in [0.3, 0.4) is 0 Å². The highest BCUT2D eigenvalue weighted by molar-refractivity contribution is 7.21. The van der Waals surface area contributed by atoms with Crippen LogP contribution in [-0.2, 0) is 0 Å². The van der Waals surface area contributed by atoms with Gasteiger partial charge in [0.2, 0.25) is 0 Å². The highest BCUT2D eigenvalue weighted by Crippen LogP contribution is 2.36. The number of fused-ring (bicyclic) bond motifs is 1. The third-order valence-electron chi connectivity index (χ3n) is 7.85. The fourth-order valence-corrected chi connectivity index (χ4v) is 6.71. The Bertz CT molecular complexity index is 1500. The van der Waals surface area contributed by atoms with Crippen LogP contribution in [0.2, 0.25) is 0 Å². The van der Waals surface area contributed by atoms with E-state index >= 15 is 0 Å². The first kappa shape index (κ1) is 22.9. The van der Waals surface area contributed by atoms with Crippen molar-refractivity contribution in [1.29, 1.82) is 0 Å². The summed E-state index contributed by atoms with van der Waals surface area (Å²) >= 11 is 1.76. The van der Waals surface area contributed by atoms with E-state index in [1.165, 1.54) is 21.6 Å². The fraction of sp³-hybridized carbons (Fsp3) is 0.333. The van der Waals surface area contributed by atoms with Crippen LogP contribution in [0, 0.1) is 11.8 Å². The molecule has 0 aliphatic carbocycles. The molecule has 188 valence electrons. The molecule has 0 saturated carbocycles. The molecule has 3 aromatic heterocycles. The van der Waals surface area contributed by atoms with Gasteiger partial charge < -0.3 is 20.6 Å². The molecule has 2 fully saturated rings. The van der Waals surface area contributed by atoms with Crippen molar-refractivity contribution in [2.75, 3.05) is 13.1 Å². The minimum absolute atomic E-state index is 0.337. The van der Waals surface area contributed by atoms with Gasteiger partial charge in [0, 0.05) is 4.88 Å². The third-order valence-corrected chi connectivity index (χ3v) is 8.93. The lowest BCUT2D eigenvalue weighted by atomic mass is 10.0. The maximum atomic E-state index is 4.89. The molecule has 0 bridgehead atoms. The van der Waals surface area contributed by atoms with E-state index in [0.29, 0.717) is 23.9 Å². The van der Waals surface area contributed by atoms with E-state index in [1.807, 2.05) is 6.20 Å². The lowest BCUT2D eigenvalue weighted by molar-refractivity contribution is 0.588. The largest absolute Gasteiger partial charge is 0.341 e. The van der Waals surface area contributed by atoms with Crippen LogP contribution in [0.25, 0.3) is 43.2 Å². The molecular formula is C30H32N6S. The summed E-state index contributed by atoms with van der Waals surface area (Å²) in [5.74, 6) is 3.53. The molecule has 0 amide bonds. The van der Waals surface area contributed by atoms with Gasteiger partial charge in [0.05, 0.1) is 29.5 Å². The smallest absolute Gasteiger partial charge is 0.142 e. The van der Waals surface area contributed by atoms with E-state index < -0.39 is 0 Å². The van der Waals surface area contributed by atoms with E-state index in [1.54, 1.807) is 11.3 Å². The maximum absolute atomic E-state index is 4.89. The number of H-pyrrole nitrogens is 2. The second-order valence-electron chi connectivity index (χ2n) is 10.9. The summed E-state index contributed by atoms with van der Waals surface area (Å²) in [5, 5.41) is 7.13. The van der Waals surface area contributed by atoms with Crippen LogP contribution >= 0.6 is 11.3 Å². The summed E-state index contributed by atoms with van der Waals surface area (Å²) in [6.45, 7) is 6.70. The maximum Gasteiger partial charge on any atom is 0.142 e. The van der Waals surface area contributed by atoms with Gasteiger partial charge in [-0.3, -0.25) is 0 Å². The molecule has 7 rings (SSSR count). The van der Waals surface area contributed by atoms with Gasteiger partial charge in [-0.15, -0.1) is 11.3 Å². The summed E-state index contributed by atoms with van der Waals surface area (Å²) in [6, 6.07) is 20.5. The van der Waals surface area contributed by atoms with Crippen molar-refractivity contribution in [3.63, 3.8) is 0 Å². The van der Waals surface area contributed by atoms with Gasteiger partial charge in [-0.25, -0.2) is 9.97 Å². The zero-order valence-electron chi connectivity index (χ0n) is 21.2. The number of hydrogen-bond donors (Lipinski definition) is 4. The summed E-state index contributed by atoms with van der Waals surface area (Å²) in [6.07, 6.45) is 4.24. The summed E-state index contributed by atoms with van der Waals surface area (Å²) < 4.78 is 0. The average molecular weight is 509 g/mol. The van der Waals surface area contributed by atoms with Gasteiger partial charge in [-0.2, -0.15) is 0 Å². The molecule has 6 nitrogen and oxygen atoms in total. The Labute approximate surface area is 221 Å². The second kappa shape index (κ2) is 9.24. The number of hydrogen-bond acceptors (Lipinski definition) is 5. The topological polar surface area (TPSA) is 81.4 Å². The molecule has 3 unspecified atom stereocenters. The molecule has 0 radical (unpaired) electrons. The normalized spacial score (nSPS) is 23.8. The SMILES string of the molecule is CC1CNC(c2ncc(-c3ccc(-c4ccc(-c5cc6[nH]c(C7C[C@H](C)CN7)nc6s5)cc4)cc3)[nH]2)C1. The van der Waals surface area contributed by atoms with E-state index in [0.717, 1.165) is 59.2 Å². The molecule has 2 aromatic carbocycles. The number of imidazole rings is 2. The van der Waals surface area contributed by atoms with Gasteiger partial charge >= 0.3 is 0 Å². The molecule has 7 heteroatoms.